The molecule has 0 spiro atoms. The molecule has 0 saturated carbocycles. The lowest BCUT2D eigenvalue weighted by atomic mass is 10.00. The predicted octanol–water partition coefficient (Wildman–Crippen LogP) is 4.30. The first-order chi connectivity index (χ1) is 9.78. The molecule has 1 heterocycles. The Bertz CT molecular complexity index is 760. The van der Waals surface area contributed by atoms with E-state index in [-0.39, 0.29) is 0 Å². The molecule has 0 aliphatic heterocycles. The first-order valence-electron chi connectivity index (χ1n) is 6.46. The van der Waals surface area contributed by atoms with E-state index in [0.29, 0.717) is 0 Å². The standard InChI is InChI=1S/C18H15NO/c1-13(14-7-9-17(20-2)10-8-14)16-11-15-5-3-4-6-18(15)19-12-16/h3-12H,1H2,2H3. The van der Waals surface area contributed by atoms with E-state index in [1.165, 1.54) is 0 Å². The van der Waals surface area contributed by atoms with Crippen LogP contribution in [0.3, 0.4) is 0 Å². The maximum Gasteiger partial charge on any atom is 0.118 e. The van der Waals surface area contributed by atoms with Gasteiger partial charge in [0.2, 0.25) is 0 Å². The largest absolute Gasteiger partial charge is 0.497 e. The Balaban J connectivity index is 1.98. The number of fused-ring (bicyclic) bond motifs is 1. The average Bonchev–Trinajstić information content (AvgIpc) is 2.54. The second kappa shape index (κ2) is 5.17. The van der Waals surface area contributed by atoms with Crippen molar-refractivity contribution in [2.24, 2.45) is 0 Å². The molecule has 2 aromatic carbocycles. The van der Waals surface area contributed by atoms with E-state index in [0.717, 1.165) is 33.4 Å². The van der Waals surface area contributed by atoms with Crippen molar-refractivity contribution in [3.63, 3.8) is 0 Å². The summed E-state index contributed by atoms with van der Waals surface area (Å²) in [5.41, 5.74) is 4.07. The zero-order valence-corrected chi connectivity index (χ0v) is 11.3. The van der Waals surface area contributed by atoms with Gasteiger partial charge in [-0.2, -0.15) is 0 Å². The van der Waals surface area contributed by atoms with Crippen molar-refractivity contribution in [2.75, 3.05) is 7.11 Å². The van der Waals surface area contributed by atoms with Crippen LogP contribution in [0.2, 0.25) is 0 Å². The number of methoxy groups -OCH3 is 1. The third-order valence-corrected chi connectivity index (χ3v) is 3.38. The Kier molecular flexibility index (Phi) is 3.21. The molecule has 1 aromatic heterocycles. The lowest BCUT2D eigenvalue weighted by Gasteiger charge is -2.08. The van der Waals surface area contributed by atoms with Crippen LogP contribution in [0.4, 0.5) is 0 Å². The smallest absolute Gasteiger partial charge is 0.118 e. The number of hydrogen-bond donors (Lipinski definition) is 0. The van der Waals surface area contributed by atoms with Gasteiger partial charge in [0.05, 0.1) is 12.6 Å². The van der Waals surface area contributed by atoms with Crippen LogP contribution in [0, 0.1) is 0 Å². The SMILES string of the molecule is C=C(c1ccc(OC)cc1)c1cnc2ccccc2c1. The number of nitrogens with zero attached hydrogens (tertiary/aromatic N) is 1. The van der Waals surface area contributed by atoms with Crippen molar-refractivity contribution in [3.8, 4) is 5.75 Å². The van der Waals surface area contributed by atoms with Crippen molar-refractivity contribution in [2.45, 2.75) is 0 Å². The topological polar surface area (TPSA) is 22.1 Å². The summed E-state index contributed by atoms with van der Waals surface area (Å²) in [5, 5.41) is 1.12. The molecule has 98 valence electrons. The predicted molar refractivity (Wildman–Crippen MR) is 82.9 cm³/mol. The fourth-order valence-electron chi connectivity index (χ4n) is 2.19. The summed E-state index contributed by atoms with van der Waals surface area (Å²) in [6.45, 7) is 4.18. The number of ether oxygens (including phenoxy) is 1. The number of benzene rings is 2. The van der Waals surface area contributed by atoms with E-state index in [1.54, 1.807) is 7.11 Å². The molecule has 2 heteroatoms. The maximum absolute atomic E-state index is 5.17. The Hall–Kier alpha value is -2.61. The van der Waals surface area contributed by atoms with Crippen LogP contribution in [0.15, 0.2) is 67.4 Å². The molecule has 0 atom stereocenters. The number of rotatable bonds is 3. The van der Waals surface area contributed by atoms with E-state index in [4.69, 9.17) is 4.74 Å². The Morgan fingerprint density at radius 1 is 1.00 bits per heavy atom. The Morgan fingerprint density at radius 3 is 2.50 bits per heavy atom. The Labute approximate surface area is 118 Å². The molecule has 0 saturated heterocycles. The molecule has 3 aromatic rings. The molecule has 0 N–H and O–H groups in total. The first-order valence-corrected chi connectivity index (χ1v) is 6.46. The van der Waals surface area contributed by atoms with Crippen molar-refractivity contribution in [1.82, 2.24) is 4.98 Å². The van der Waals surface area contributed by atoms with Gasteiger partial charge in [0.1, 0.15) is 5.75 Å². The molecule has 0 amide bonds. The van der Waals surface area contributed by atoms with Crippen LogP contribution >= 0.6 is 0 Å². The van der Waals surface area contributed by atoms with Crippen molar-refractivity contribution in [3.05, 3.63) is 78.5 Å². The third-order valence-electron chi connectivity index (χ3n) is 3.38. The zero-order chi connectivity index (χ0) is 13.9. The molecule has 0 bridgehead atoms. The molecular weight excluding hydrogens is 246 g/mol. The van der Waals surface area contributed by atoms with Gasteiger partial charge in [0.25, 0.3) is 0 Å². The maximum atomic E-state index is 5.17. The third kappa shape index (κ3) is 2.28. The second-order valence-electron chi connectivity index (χ2n) is 4.62. The quantitative estimate of drug-likeness (QED) is 0.701. The molecule has 20 heavy (non-hydrogen) atoms. The minimum Gasteiger partial charge on any atom is -0.497 e. The average molecular weight is 261 g/mol. The van der Waals surface area contributed by atoms with Crippen molar-refractivity contribution in [1.29, 1.82) is 0 Å². The molecule has 3 rings (SSSR count). The minimum atomic E-state index is 0.846. The van der Waals surface area contributed by atoms with Crippen molar-refractivity contribution >= 4 is 16.5 Å². The van der Waals surface area contributed by atoms with Crippen LogP contribution in [0.25, 0.3) is 16.5 Å². The van der Waals surface area contributed by atoms with Crippen LogP contribution in [-0.4, -0.2) is 12.1 Å². The number of aromatic nitrogens is 1. The molecule has 2 nitrogen and oxygen atoms in total. The van der Waals surface area contributed by atoms with Crippen LogP contribution in [-0.2, 0) is 0 Å². The molecule has 0 aliphatic carbocycles. The highest BCUT2D eigenvalue weighted by atomic mass is 16.5. The van der Waals surface area contributed by atoms with E-state index < -0.39 is 0 Å². The molecule has 0 unspecified atom stereocenters. The summed E-state index contributed by atoms with van der Waals surface area (Å²) in [7, 11) is 1.66. The minimum absolute atomic E-state index is 0.846. The summed E-state index contributed by atoms with van der Waals surface area (Å²) in [6, 6.07) is 18.1. The van der Waals surface area contributed by atoms with Crippen LogP contribution in [0.1, 0.15) is 11.1 Å². The fraction of sp³-hybridized carbons (Fsp3) is 0.0556. The monoisotopic (exact) mass is 261 g/mol. The van der Waals surface area contributed by atoms with E-state index in [1.807, 2.05) is 48.7 Å². The van der Waals surface area contributed by atoms with Gasteiger partial charge in [-0.3, -0.25) is 4.98 Å². The van der Waals surface area contributed by atoms with Gasteiger partial charge in [0.15, 0.2) is 0 Å². The van der Waals surface area contributed by atoms with E-state index in [9.17, 15) is 0 Å². The van der Waals surface area contributed by atoms with Gasteiger partial charge in [-0.25, -0.2) is 0 Å². The summed E-state index contributed by atoms with van der Waals surface area (Å²) in [6.07, 6.45) is 1.87. The Morgan fingerprint density at radius 2 is 1.75 bits per heavy atom. The second-order valence-corrected chi connectivity index (χ2v) is 4.62. The molecule has 0 radical (unpaired) electrons. The molecule has 0 aliphatic rings. The number of hydrogen-bond acceptors (Lipinski definition) is 2. The highest BCUT2D eigenvalue weighted by molar-refractivity contribution is 5.86. The van der Waals surface area contributed by atoms with E-state index in [2.05, 4.69) is 23.7 Å². The summed E-state index contributed by atoms with van der Waals surface area (Å²) >= 11 is 0. The normalized spacial score (nSPS) is 10.4. The van der Waals surface area contributed by atoms with Gasteiger partial charge in [-0.05, 0) is 35.4 Å². The van der Waals surface area contributed by atoms with Gasteiger partial charge in [-0.1, -0.05) is 36.9 Å². The summed E-state index contributed by atoms with van der Waals surface area (Å²) < 4.78 is 5.17. The van der Waals surface area contributed by atoms with Gasteiger partial charge in [-0.15, -0.1) is 0 Å². The van der Waals surface area contributed by atoms with Gasteiger partial charge in [0, 0.05) is 17.1 Å². The summed E-state index contributed by atoms with van der Waals surface area (Å²) in [4.78, 5) is 4.48. The van der Waals surface area contributed by atoms with Gasteiger partial charge < -0.3 is 4.74 Å². The lowest BCUT2D eigenvalue weighted by Crippen LogP contribution is -1.89. The fourth-order valence-corrected chi connectivity index (χ4v) is 2.19. The number of pyridine rings is 1. The van der Waals surface area contributed by atoms with Crippen molar-refractivity contribution < 1.29 is 4.74 Å². The lowest BCUT2D eigenvalue weighted by molar-refractivity contribution is 0.415. The number of para-hydroxylation sites is 1. The highest BCUT2D eigenvalue weighted by Crippen LogP contribution is 2.25. The summed E-state index contributed by atoms with van der Waals surface area (Å²) in [5.74, 6) is 0.846. The van der Waals surface area contributed by atoms with E-state index >= 15 is 0 Å². The molecule has 0 fully saturated rings. The zero-order valence-electron chi connectivity index (χ0n) is 11.3. The van der Waals surface area contributed by atoms with Crippen LogP contribution < -0.4 is 4.74 Å². The highest BCUT2D eigenvalue weighted by Gasteiger charge is 2.04. The molecular formula is C18H15NO. The van der Waals surface area contributed by atoms with Gasteiger partial charge >= 0.3 is 0 Å². The first kappa shape index (κ1) is 12.4. The van der Waals surface area contributed by atoms with Crippen LogP contribution in [0.5, 0.6) is 5.75 Å².